The molecule has 0 spiro atoms. The SMILES string of the molecule is COc1c(Cl)cc(C(=O)NNC(=O)Cc2ccc(F)cc2)cc1Cl. The summed E-state index contributed by atoms with van der Waals surface area (Å²) in [5.74, 6) is -1.18. The zero-order valence-corrected chi connectivity index (χ0v) is 14.0. The Morgan fingerprint density at radius 1 is 1.08 bits per heavy atom. The quantitative estimate of drug-likeness (QED) is 0.812. The van der Waals surface area contributed by atoms with Gasteiger partial charge >= 0.3 is 0 Å². The van der Waals surface area contributed by atoms with Crippen molar-refractivity contribution in [1.29, 1.82) is 0 Å². The second-order valence-corrected chi connectivity index (χ2v) is 5.59. The minimum atomic E-state index is -0.589. The van der Waals surface area contributed by atoms with Crippen LogP contribution in [0.25, 0.3) is 0 Å². The number of carbonyl (C=O) groups is 2. The molecule has 0 saturated heterocycles. The van der Waals surface area contributed by atoms with Gasteiger partial charge in [0.15, 0.2) is 5.75 Å². The summed E-state index contributed by atoms with van der Waals surface area (Å²) in [5.41, 5.74) is 5.28. The van der Waals surface area contributed by atoms with Crippen LogP contribution in [0.4, 0.5) is 4.39 Å². The highest BCUT2D eigenvalue weighted by Gasteiger charge is 2.14. The fourth-order valence-corrected chi connectivity index (χ4v) is 2.56. The molecule has 2 N–H and O–H groups in total. The Labute approximate surface area is 147 Å². The van der Waals surface area contributed by atoms with Crippen LogP contribution >= 0.6 is 23.2 Å². The van der Waals surface area contributed by atoms with Gasteiger partial charge in [-0.3, -0.25) is 20.4 Å². The number of halogens is 3. The second-order valence-electron chi connectivity index (χ2n) is 4.78. The Bertz CT molecular complexity index is 743. The maximum atomic E-state index is 12.8. The van der Waals surface area contributed by atoms with E-state index in [9.17, 15) is 14.0 Å². The molecule has 2 rings (SSSR count). The van der Waals surface area contributed by atoms with Gasteiger partial charge in [-0.15, -0.1) is 0 Å². The molecule has 0 aliphatic carbocycles. The monoisotopic (exact) mass is 370 g/mol. The molecule has 0 saturated carbocycles. The van der Waals surface area contributed by atoms with Crippen LogP contribution in [0.2, 0.25) is 10.0 Å². The maximum absolute atomic E-state index is 12.8. The Kier molecular flexibility index (Phi) is 6.00. The highest BCUT2D eigenvalue weighted by molar-refractivity contribution is 6.37. The lowest BCUT2D eigenvalue weighted by molar-refractivity contribution is -0.121. The summed E-state index contributed by atoms with van der Waals surface area (Å²) in [6.07, 6.45) is -0.00924. The number of carbonyl (C=O) groups excluding carboxylic acids is 2. The van der Waals surface area contributed by atoms with Crippen molar-refractivity contribution in [1.82, 2.24) is 10.9 Å². The summed E-state index contributed by atoms with van der Waals surface area (Å²) in [6, 6.07) is 8.21. The van der Waals surface area contributed by atoms with E-state index in [2.05, 4.69) is 10.9 Å². The predicted molar refractivity (Wildman–Crippen MR) is 88.7 cm³/mol. The molecule has 2 aromatic rings. The van der Waals surface area contributed by atoms with Crippen molar-refractivity contribution in [3.8, 4) is 5.75 Å². The first kappa shape index (κ1) is 18.0. The summed E-state index contributed by atoms with van der Waals surface area (Å²) in [6.45, 7) is 0. The number of amides is 2. The molecule has 0 unspecified atom stereocenters. The van der Waals surface area contributed by atoms with Crippen molar-refractivity contribution in [3.05, 3.63) is 63.4 Å². The van der Waals surface area contributed by atoms with E-state index in [0.717, 1.165) is 0 Å². The van der Waals surface area contributed by atoms with Crippen LogP contribution in [0.15, 0.2) is 36.4 Å². The number of methoxy groups -OCH3 is 1. The molecule has 0 aliphatic rings. The standard InChI is InChI=1S/C16H13Cl2FN2O3/c1-24-15-12(17)7-10(8-13(15)18)16(23)21-20-14(22)6-9-2-4-11(19)5-3-9/h2-5,7-8H,6H2,1H3,(H,20,22)(H,21,23). The molecule has 2 amide bonds. The van der Waals surface area contributed by atoms with E-state index in [1.54, 1.807) is 0 Å². The lowest BCUT2D eigenvalue weighted by Gasteiger charge is -2.10. The van der Waals surface area contributed by atoms with Gasteiger partial charge in [-0.25, -0.2) is 4.39 Å². The number of benzene rings is 2. The van der Waals surface area contributed by atoms with Gasteiger partial charge in [-0.1, -0.05) is 35.3 Å². The summed E-state index contributed by atoms with van der Waals surface area (Å²) in [7, 11) is 1.41. The summed E-state index contributed by atoms with van der Waals surface area (Å²) < 4.78 is 17.8. The molecule has 2 aromatic carbocycles. The Hall–Kier alpha value is -2.31. The van der Waals surface area contributed by atoms with E-state index in [4.69, 9.17) is 27.9 Å². The number of rotatable bonds is 4. The fourth-order valence-electron chi connectivity index (χ4n) is 1.92. The summed E-state index contributed by atoms with van der Waals surface area (Å²) in [5, 5.41) is 0.348. The van der Waals surface area contributed by atoms with Gasteiger partial charge in [-0.05, 0) is 29.8 Å². The molecule has 0 fully saturated rings. The van der Waals surface area contributed by atoms with E-state index < -0.39 is 11.8 Å². The van der Waals surface area contributed by atoms with Gasteiger partial charge in [0.25, 0.3) is 5.91 Å². The fraction of sp³-hybridized carbons (Fsp3) is 0.125. The summed E-state index contributed by atoms with van der Waals surface area (Å²) in [4.78, 5) is 23.8. The minimum absolute atomic E-state index is 0.00924. The van der Waals surface area contributed by atoms with Crippen molar-refractivity contribution in [2.24, 2.45) is 0 Å². The molecule has 5 nitrogen and oxygen atoms in total. The van der Waals surface area contributed by atoms with Crippen LogP contribution in [0.1, 0.15) is 15.9 Å². The van der Waals surface area contributed by atoms with Gasteiger partial charge in [0.2, 0.25) is 5.91 Å². The molecule has 0 bridgehead atoms. The molecule has 0 atom stereocenters. The van der Waals surface area contributed by atoms with Crippen molar-refractivity contribution < 1.29 is 18.7 Å². The van der Waals surface area contributed by atoms with Crippen molar-refractivity contribution >= 4 is 35.0 Å². The van der Waals surface area contributed by atoms with Crippen LogP contribution in [0, 0.1) is 5.82 Å². The first-order valence-electron chi connectivity index (χ1n) is 6.77. The number of hydrogen-bond acceptors (Lipinski definition) is 3. The van der Waals surface area contributed by atoms with Crippen LogP contribution in [0.5, 0.6) is 5.75 Å². The summed E-state index contributed by atoms with van der Waals surface area (Å²) >= 11 is 11.9. The molecule has 126 valence electrons. The highest BCUT2D eigenvalue weighted by Crippen LogP contribution is 2.33. The lowest BCUT2D eigenvalue weighted by Crippen LogP contribution is -2.42. The predicted octanol–water partition coefficient (Wildman–Crippen LogP) is 3.14. The normalized spacial score (nSPS) is 10.2. The molecule has 8 heteroatoms. The second kappa shape index (κ2) is 7.99. The van der Waals surface area contributed by atoms with Crippen molar-refractivity contribution in [2.45, 2.75) is 6.42 Å². The highest BCUT2D eigenvalue weighted by atomic mass is 35.5. The molecule has 0 radical (unpaired) electrons. The molecule has 0 aliphatic heterocycles. The van der Waals surface area contributed by atoms with Gasteiger partial charge in [0.1, 0.15) is 5.82 Å². The van der Waals surface area contributed by atoms with E-state index in [1.165, 1.54) is 43.5 Å². The average Bonchev–Trinajstić information content (AvgIpc) is 2.54. The number of hydrazine groups is 1. The number of hydrogen-bond donors (Lipinski definition) is 2. The maximum Gasteiger partial charge on any atom is 0.269 e. The van der Waals surface area contributed by atoms with Crippen LogP contribution in [-0.2, 0) is 11.2 Å². The molecular weight excluding hydrogens is 358 g/mol. The Morgan fingerprint density at radius 2 is 1.67 bits per heavy atom. The van der Waals surface area contributed by atoms with Gasteiger partial charge < -0.3 is 4.74 Å². The van der Waals surface area contributed by atoms with Gasteiger partial charge in [-0.2, -0.15) is 0 Å². The first-order valence-corrected chi connectivity index (χ1v) is 7.53. The van der Waals surface area contributed by atoms with Crippen LogP contribution in [-0.4, -0.2) is 18.9 Å². The van der Waals surface area contributed by atoms with Crippen molar-refractivity contribution in [2.75, 3.05) is 7.11 Å². The van der Waals surface area contributed by atoms with Gasteiger partial charge in [0, 0.05) is 5.56 Å². The smallest absolute Gasteiger partial charge is 0.269 e. The van der Waals surface area contributed by atoms with Crippen LogP contribution in [0.3, 0.4) is 0 Å². The third kappa shape index (κ3) is 4.59. The van der Waals surface area contributed by atoms with Gasteiger partial charge in [0.05, 0.1) is 23.6 Å². The number of ether oxygens (including phenoxy) is 1. The molecule has 24 heavy (non-hydrogen) atoms. The van der Waals surface area contributed by atoms with E-state index in [-0.39, 0.29) is 33.6 Å². The molecule has 0 aromatic heterocycles. The molecular formula is C16H13Cl2FN2O3. The first-order chi connectivity index (χ1) is 11.4. The van der Waals surface area contributed by atoms with E-state index >= 15 is 0 Å². The lowest BCUT2D eigenvalue weighted by atomic mass is 10.1. The Morgan fingerprint density at radius 3 is 2.21 bits per heavy atom. The van der Waals surface area contributed by atoms with Crippen molar-refractivity contribution in [3.63, 3.8) is 0 Å². The largest absolute Gasteiger partial charge is 0.494 e. The van der Waals surface area contributed by atoms with E-state index in [1.807, 2.05) is 0 Å². The average molecular weight is 371 g/mol. The third-order valence-corrected chi connectivity index (χ3v) is 3.62. The number of nitrogens with one attached hydrogen (secondary N) is 2. The van der Waals surface area contributed by atoms with E-state index in [0.29, 0.717) is 5.56 Å². The third-order valence-electron chi connectivity index (χ3n) is 3.06. The zero-order chi connectivity index (χ0) is 17.7. The Balaban J connectivity index is 1.95. The zero-order valence-electron chi connectivity index (χ0n) is 12.5. The van der Waals surface area contributed by atoms with Crippen LogP contribution < -0.4 is 15.6 Å². The topological polar surface area (TPSA) is 67.4 Å². The minimum Gasteiger partial charge on any atom is -0.494 e. The molecule has 0 heterocycles.